The fourth-order valence-corrected chi connectivity index (χ4v) is 1.82. The summed E-state index contributed by atoms with van der Waals surface area (Å²) in [6.07, 6.45) is 0. The van der Waals surface area contributed by atoms with Gasteiger partial charge in [-0.05, 0) is 5.92 Å². The predicted octanol–water partition coefficient (Wildman–Crippen LogP) is 1.97. The van der Waals surface area contributed by atoms with Gasteiger partial charge in [-0.25, -0.2) is 4.79 Å². The van der Waals surface area contributed by atoms with Crippen molar-refractivity contribution in [1.82, 2.24) is 4.98 Å². The molecule has 0 fully saturated rings. The number of aromatic carboxylic acids is 1. The topological polar surface area (TPSA) is 59.4 Å². The molecule has 1 aromatic heterocycles. The maximum Gasteiger partial charge on any atom is 0.355 e. The molecule has 0 aliphatic rings. The minimum atomic E-state index is -0.997. The molecule has 1 rings (SSSR count). The zero-order chi connectivity index (χ0) is 10.0. The normalized spacial score (nSPS) is 10.5. The molecule has 0 saturated heterocycles. The van der Waals surface area contributed by atoms with E-state index in [9.17, 15) is 4.79 Å². The molecule has 0 atom stereocenters. The Hall–Kier alpha value is -1.10. The number of carboxylic acids is 1. The lowest BCUT2D eigenvalue weighted by Gasteiger charge is -1.99. The number of aromatic nitrogens is 1. The molecule has 0 aliphatic carbocycles. The lowest BCUT2D eigenvalue weighted by atomic mass is 10.1. The minimum absolute atomic E-state index is 0.108. The number of methoxy groups -OCH3 is 1. The second kappa shape index (κ2) is 3.74. The summed E-state index contributed by atoms with van der Waals surface area (Å²) in [5, 5.41) is 9.22. The molecule has 72 valence electrons. The van der Waals surface area contributed by atoms with Gasteiger partial charge in [0.2, 0.25) is 0 Å². The van der Waals surface area contributed by atoms with Gasteiger partial charge in [-0.2, -0.15) is 4.98 Å². The number of nitrogens with zero attached hydrogens (tertiary/aromatic N) is 1. The van der Waals surface area contributed by atoms with E-state index in [0.29, 0.717) is 5.19 Å². The van der Waals surface area contributed by atoms with Crippen molar-refractivity contribution >= 4 is 17.3 Å². The maximum absolute atomic E-state index is 10.7. The van der Waals surface area contributed by atoms with Crippen molar-refractivity contribution in [1.29, 1.82) is 0 Å². The molecule has 0 radical (unpaired) electrons. The SMILES string of the molecule is COc1nc(C(=O)O)c(C(C)C)s1. The minimum Gasteiger partial charge on any atom is -0.476 e. The van der Waals surface area contributed by atoms with Crippen LogP contribution in [0.2, 0.25) is 0 Å². The number of hydrogen-bond donors (Lipinski definition) is 1. The van der Waals surface area contributed by atoms with Crippen LogP contribution in [-0.2, 0) is 0 Å². The van der Waals surface area contributed by atoms with Gasteiger partial charge in [0.05, 0.1) is 7.11 Å². The Bertz CT molecular complexity index is 319. The Morgan fingerprint density at radius 2 is 2.23 bits per heavy atom. The summed E-state index contributed by atoms with van der Waals surface area (Å²) in [7, 11) is 1.48. The van der Waals surface area contributed by atoms with Crippen molar-refractivity contribution in [3.05, 3.63) is 10.6 Å². The van der Waals surface area contributed by atoms with Crippen LogP contribution in [-0.4, -0.2) is 23.2 Å². The summed E-state index contributed by atoms with van der Waals surface area (Å²) < 4.78 is 4.88. The molecule has 0 spiro atoms. The van der Waals surface area contributed by atoms with Gasteiger partial charge in [0.1, 0.15) is 0 Å². The van der Waals surface area contributed by atoms with E-state index in [1.807, 2.05) is 13.8 Å². The highest BCUT2D eigenvalue weighted by molar-refractivity contribution is 7.13. The van der Waals surface area contributed by atoms with Crippen molar-refractivity contribution in [2.75, 3.05) is 7.11 Å². The van der Waals surface area contributed by atoms with Crippen LogP contribution in [0.15, 0.2) is 0 Å². The lowest BCUT2D eigenvalue weighted by Crippen LogP contribution is -2.01. The zero-order valence-electron chi connectivity index (χ0n) is 7.70. The molecule has 1 N–H and O–H groups in total. The van der Waals surface area contributed by atoms with E-state index in [-0.39, 0.29) is 11.6 Å². The molecule has 0 unspecified atom stereocenters. The smallest absolute Gasteiger partial charge is 0.355 e. The van der Waals surface area contributed by atoms with E-state index in [1.165, 1.54) is 18.4 Å². The maximum atomic E-state index is 10.7. The molecule has 5 heteroatoms. The van der Waals surface area contributed by atoms with Crippen LogP contribution in [0.1, 0.15) is 35.1 Å². The number of carbonyl (C=O) groups is 1. The molecule has 4 nitrogen and oxygen atoms in total. The highest BCUT2D eigenvalue weighted by Crippen LogP contribution is 2.30. The van der Waals surface area contributed by atoms with E-state index in [0.717, 1.165) is 4.88 Å². The Morgan fingerprint density at radius 1 is 1.62 bits per heavy atom. The molecule has 13 heavy (non-hydrogen) atoms. The van der Waals surface area contributed by atoms with E-state index in [2.05, 4.69) is 4.98 Å². The average Bonchev–Trinajstić information content (AvgIpc) is 2.47. The van der Waals surface area contributed by atoms with Crippen LogP contribution in [0, 0.1) is 0 Å². The second-order valence-corrected chi connectivity index (χ2v) is 3.85. The van der Waals surface area contributed by atoms with E-state index in [1.54, 1.807) is 0 Å². The van der Waals surface area contributed by atoms with Crippen LogP contribution in [0.25, 0.3) is 0 Å². The van der Waals surface area contributed by atoms with Crippen molar-refractivity contribution in [3.63, 3.8) is 0 Å². The summed E-state index contributed by atoms with van der Waals surface area (Å²) >= 11 is 1.28. The summed E-state index contributed by atoms with van der Waals surface area (Å²) in [6, 6.07) is 0. The van der Waals surface area contributed by atoms with E-state index in [4.69, 9.17) is 9.84 Å². The Morgan fingerprint density at radius 3 is 2.54 bits per heavy atom. The van der Waals surface area contributed by atoms with Gasteiger partial charge >= 0.3 is 5.97 Å². The molecule has 0 amide bonds. The fourth-order valence-electron chi connectivity index (χ4n) is 0.943. The standard InChI is InChI=1S/C8H11NO3S/c1-4(2)6-5(7(10)11)9-8(12-3)13-6/h4H,1-3H3,(H,10,11). The van der Waals surface area contributed by atoms with E-state index < -0.39 is 5.97 Å². The third-order valence-electron chi connectivity index (χ3n) is 1.54. The van der Waals surface area contributed by atoms with Gasteiger partial charge in [-0.1, -0.05) is 25.2 Å². The van der Waals surface area contributed by atoms with Gasteiger partial charge < -0.3 is 9.84 Å². The summed E-state index contributed by atoms with van der Waals surface area (Å²) in [6.45, 7) is 3.86. The molecule has 0 aromatic carbocycles. The quantitative estimate of drug-likeness (QED) is 0.812. The molecule has 1 aromatic rings. The van der Waals surface area contributed by atoms with Crippen molar-refractivity contribution in [2.45, 2.75) is 19.8 Å². The highest BCUT2D eigenvalue weighted by Gasteiger charge is 2.19. The van der Waals surface area contributed by atoms with Crippen LogP contribution in [0.5, 0.6) is 5.19 Å². The highest BCUT2D eigenvalue weighted by atomic mass is 32.1. The number of hydrogen-bond acceptors (Lipinski definition) is 4. The first-order valence-corrected chi connectivity index (χ1v) is 4.66. The van der Waals surface area contributed by atoms with Gasteiger partial charge in [-0.15, -0.1) is 0 Å². The zero-order valence-corrected chi connectivity index (χ0v) is 8.51. The van der Waals surface area contributed by atoms with Crippen molar-refractivity contribution in [3.8, 4) is 5.19 Å². The van der Waals surface area contributed by atoms with Gasteiger partial charge in [0, 0.05) is 4.88 Å². The second-order valence-electron chi connectivity index (χ2n) is 2.86. The van der Waals surface area contributed by atoms with Crippen LogP contribution < -0.4 is 4.74 Å². The Labute approximate surface area is 80.2 Å². The average molecular weight is 201 g/mol. The largest absolute Gasteiger partial charge is 0.476 e. The molecule has 1 heterocycles. The number of thiazole rings is 1. The van der Waals surface area contributed by atoms with Gasteiger partial charge in [0.25, 0.3) is 5.19 Å². The van der Waals surface area contributed by atoms with E-state index >= 15 is 0 Å². The number of carboxylic acid groups (broad SMARTS) is 1. The monoisotopic (exact) mass is 201 g/mol. The third kappa shape index (κ3) is 1.98. The van der Waals surface area contributed by atoms with Crippen LogP contribution >= 0.6 is 11.3 Å². The predicted molar refractivity (Wildman–Crippen MR) is 49.7 cm³/mol. The first-order chi connectivity index (χ1) is 6.06. The molecule has 0 aliphatic heterocycles. The molecule has 0 bridgehead atoms. The van der Waals surface area contributed by atoms with Crippen molar-refractivity contribution in [2.24, 2.45) is 0 Å². The Balaban J connectivity index is 3.15. The van der Waals surface area contributed by atoms with Gasteiger partial charge in [0.15, 0.2) is 5.69 Å². The van der Waals surface area contributed by atoms with Crippen molar-refractivity contribution < 1.29 is 14.6 Å². The van der Waals surface area contributed by atoms with Crippen LogP contribution in [0.3, 0.4) is 0 Å². The lowest BCUT2D eigenvalue weighted by molar-refractivity contribution is 0.0689. The summed E-state index contributed by atoms with van der Waals surface area (Å²) in [4.78, 5) is 15.3. The number of rotatable bonds is 3. The molecule has 0 saturated carbocycles. The first kappa shape index (κ1) is 9.98. The van der Waals surface area contributed by atoms with Crippen LogP contribution in [0.4, 0.5) is 0 Å². The fraction of sp³-hybridized carbons (Fsp3) is 0.500. The third-order valence-corrected chi connectivity index (χ3v) is 2.85. The molecular weight excluding hydrogens is 190 g/mol. The summed E-state index contributed by atoms with van der Waals surface area (Å²) in [5.74, 6) is -0.837. The summed E-state index contributed by atoms with van der Waals surface area (Å²) in [5.41, 5.74) is 0.108. The first-order valence-electron chi connectivity index (χ1n) is 3.84. The number of ether oxygens (including phenoxy) is 1. The molecular formula is C8H11NO3S. The van der Waals surface area contributed by atoms with Gasteiger partial charge in [-0.3, -0.25) is 0 Å². The Kier molecular flexibility index (Phi) is 2.87.